The molecule has 0 saturated heterocycles. The molecule has 0 amide bonds. The van der Waals surface area contributed by atoms with Gasteiger partial charge in [0.05, 0.1) is 23.3 Å². The molecule has 3 heterocycles. The molecule has 0 aromatic carbocycles. The van der Waals surface area contributed by atoms with Crippen LogP contribution in [0.5, 0.6) is 0 Å². The number of imidazole rings is 1. The van der Waals surface area contributed by atoms with Gasteiger partial charge in [-0.05, 0) is 57.6 Å². The number of hydrogen-bond acceptors (Lipinski definition) is 5. The van der Waals surface area contributed by atoms with Crippen LogP contribution in [0.2, 0.25) is 0 Å². The summed E-state index contributed by atoms with van der Waals surface area (Å²) in [6.07, 6.45) is 8.68. The standard InChI is InChI=1S/C21H26N6/c1-13-5-7-17(8-6-13)25-21-22-11-18(16(4)24-21)15(3)19-9-10-20-23-14(2)12-27(20)26-19/h9-13,17H,3,5-8H2,1-2,4H3,(H,22,24,25). The highest BCUT2D eigenvalue weighted by molar-refractivity contribution is 5.77. The summed E-state index contributed by atoms with van der Waals surface area (Å²) in [5.74, 6) is 1.54. The Bertz CT molecular complexity index is 982. The Kier molecular flexibility index (Phi) is 4.64. The maximum absolute atomic E-state index is 4.67. The Balaban J connectivity index is 1.53. The summed E-state index contributed by atoms with van der Waals surface area (Å²) in [5.41, 5.74) is 5.22. The summed E-state index contributed by atoms with van der Waals surface area (Å²) < 4.78 is 1.78. The van der Waals surface area contributed by atoms with Crippen molar-refractivity contribution in [3.05, 3.63) is 53.8 Å². The predicted octanol–water partition coefficient (Wildman–Crippen LogP) is 4.19. The molecular weight excluding hydrogens is 336 g/mol. The first kappa shape index (κ1) is 17.6. The van der Waals surface area contributed by atoms with E-state index in [-0.39, 0.29) is 0 Å². The fourth-order valence-corrected chi connectivity index (χ4v) is 3.72. The van der Waals surface area contributed by atoms with Crippen molar-refractivity contribution < 1.29 is 0 Å². The molecule has 1 aliphatic rings. The highest BCUT2D eigenvalue weighted by Gasteiger charge is 2.19. The molecule has 0 radical (unpaired) electrons. The van der Waals surface area contributed by atoms with E-state index in [0.717, 1.165) is 39.8 Å². The lowest BCUT2D eigenvalue weighted by Gasteiger charge is -2.27. The van der Waals surface area contributed by atoms with Gasteiger partial charge in [-0.3, -0.25) is 0 Å². The van der Waals surface area contributed by atoms with Crippen molar-refractivity contribution in [1.82, 2.24) is 24.6 Å². The number of anilines is 1. The van der Waals surface area contributed by atoms with E-state index in [9.17, 15) is 0 Å². The molecule has 0 atom stereocenters. The van der Waals surface area contributed by atoms with E-state index in [4.69, 9.17) is 0 Å². The Morgan fingerprint density at radius 3 is 2.67 bits per heavy atom. The molecule has 140 valence electrons. The van der Waals surface area contributed by atoms with Crippen LogP contribution in [-0.4, -0.2) is 30.6 Å². The quantitative estimate of drug-likeness (QED) is 0.754. The predicted molar refractivity (Wildman–Crippen MR) is 108 cm³/mol. The number of fused-ring (bicyclic) bond motifs is 1. The van der Waals surface area contributed by atoms with Gasteiger partial charge in [0, 0.05) is 23.4 Å². The molecule has 0 bridgehead atoms. The molecule has 4 rings (SSSR count). The summed E-state index contributed by atoms with van der Waals surface area (Å²) >= 11 is 0. The van der Waals surface area contributed by atoms with Crippen LogP contribution in [0.4, 0.5) is 5.95 Å². The molecule has 0 unspecified atom stereocenters. The summed E-state index contributed by atoms with van der Waals surface area (Å²) in [6.45, 7) is 10.5. The molecule has 0 aliphatic heterocycles. The van der Waals surface area contributed by atoms with Crippen LogP contribution < -0.4 is 5.32 Å². The van der Waals surface area contributed by atoms with Gasteiger partial charge in [0.25, 0.3) is 0 Å². The van der Waals surface area contributed by atoms with E-state index in [1.165, 1.54) is 25.7 Å². The van der Waals surface area contributed by atoms with Gasteiger partial charge in [-0.2, -0.15) is 5.10 Å². The minimum absolute atomic E-state index is 0.475. The minimum Gasteiger partial charge on any atom is -0.351 e. The normalized spacial score (nSPS) is 20.0. The lowest BCUT2D eigenvalue weighted by molar-refractivity contribution is 0.360. The van der Waals surface area contributed by atoms with E-state index < -0.39 is 0 Å². The van der Waals surface area contributed by atoms with Crippen LogP contribution in [0.3, 0.4) is 0 Å². The van der Waals surface area contributed by atoms with Crippen molar-refractivity contribution in [2.45, 2.75) is 52.5 Å². The van der Waals surface area contributed by atoms with E-state index in [1.54, 1.807) is 4.52 Å². The fraction of sp³-hybridized carbons (Fsp3) is 0.429. The van der Waals surface area contributed by atoms with Crippen LogP contribution >= 0.6 is 0 Å². The lowest BCUT2D eigenvalue weighted by atomic mass is 9.87. The summed E-state index contributed by atoms with van der Waals surface area (Å²) in [6, 6.07) is 4.37. The molecular formula is C21H26N6. The van der Waals surface area contributed by atoms with Crippen molar-refractivity contribution in [3.63, 3.8) is 0 Å². The average Bonchev–Trinajstić information content (AvgIpc) is 3.02. The smallest absolute Gasteiger partial charge is 0.223 e. The zero-order valence-electron chi connectivity index (χ0n) is 16.2. The zero-order chi connectivity index (χ0) is 19.0. The van der Waals surface area contributed by atoms with Crippen LogP contribution in [0.25, 0.3) is 11.2 Å². The van der Waals surface area contributed by atoms with Crippen LogP contribution in [0, 0.1) is 19.8 Å². The first-order valence-corrected chi connectivity index (χ1v) is 9.62. The Morgan fingerprint density at radius 2 is 1.93 bits per heavy atom. The summed E-state index contributed by atoms with van der Waals surface area (Å²) in [5, 5.41) is 8.12. The molecule has 3 aromatic heterocycles. The number of aromatic nitrogens is 5. The van der Waals surface area contributed by atoms with Crippen molar-refractivity contribution in [2.24, 2.45) is 5.92 Å². The average molecular weight is 362 g/mol. The van der Waals surface area contributed by atoms with Crippen molar-refractivity contribution in [1.29, 1.82) is 0 Å². The molecule has 1 N–H and O–H groups in total. The molecule has 27 heavy (non-hydrogen) atoms. The van der Waals surface area contributed by atoms with Crippen LogP contribution in [0.15, 0.2) is 31.1 Å². The zero-order valence-corrected chi connectivity index (χ0v) is 16.2. The van der Waals surface area contributed by atoms with E-state index in [1.807, 2.05) is 38.4 Å². The first-order valence-electron chi connectivity index (χ1n) is 9.62. The third-order valence-corrected chi connectivity index (χ3v) is 5.40. The van der Waals surface area contributed by atoms with E-state index in [2.05, 4.69) is 38.9 Å². The summed E-state index contributed by atoms with van der Waals surface area (Å²) in [7, 11) is 0. The highest BCUT2D eigenvalue weighted by atomic mass is 15.2. The second-order valence-corrected chi connectivity index (χ2v) is 7.68. The van der Waals surface area contributed by atoms with Gasteiger partial charge >= 0.3 is 0 Å². The molecule has 6 heteroatoms. The van der Waals surface area contributed by atoms with Crippen molar-refractivity contribution in [3.8, 4) is 0 Å². The van der Waals surface area contributed by atoms with Crippen LogP contribution in [-0.2, 0) is 0 Å². The molecule has 1 saturated carbocycles. The second-order valence-electron chi connectivity index (χ2n) is 7.68. The van der Waals surface area contributed by atoms with E-state index in [0.29, 0.717) is 12.0 Å². The van der Waals surface area contributed by atoms with Gasteiger partial charge in [-0.1, -0.05) is 13.5 Å². The van der Waals surface area contributed by atoms with Crippen LogP contribution in [0.1, 0.15) is 55.3 Å². The van der Waals surface area contributed by atoms with Crippen molar-refractivity contribution >= 4 is 17.2 Å². The second kappa shape index (κ2) is 7.10. The van der Waals surface area contributed by atoms with Gasteiger partial charge in [0.2, 0.25) is 5.95 Å². The number of rotatable bonds is 4. The Hall–Kier alpha value is -2.76. The highest BCUT2D eigenvalue weighted by Crippen LogP contribution is 2.26. The summed E-state index contributed by atoms with van der Waals surface area (Å²) in [4.78, 5) is 13.6. The maximum atomic E-state index is 4.67. The monoisotopic (exact) mass is 362 g/mol. The Labute approximate surface area is 159 Å². The first-order chi connectivity index (χ1) is 13.0. The van der Waals surface area contributed by atoms with Gasteiger partial charge < -0.3 is 5.32 Å². The molecule has 1 aliphatic carbocycles. The van der Waals surface area contributed by atoms with Gasteiger partial charge in [-0.15, -0.1) is 0 Å². The number of nitrogens with one attached hydrogen (secondary N) is 1. The lowest BCUT2D eigenvalue weighted by Crippen LogP contribution is -2.26. The number of hydrogen-bond donors (Lipinski definition) is 1. The molecule has 0 spiro atoms. The van der Waals surface area contributed by atoms with E-state index >= 15 is 0 Å². The number of aryl methyl sites for hydroxylation is 2. The fourth-order valence-electron chi connectivity index (χ4n) is 3.72. The minimum atomic E-state index is 0.475. The van der Waals surface area contributed by atoms with Gasteiger partial charge in [-0.25, -0.2) is 19.5 Å². The molecule has 6 nitrogen and oxygen atoms in total. The third kappa shape index (κ3) is 3.70. The Morgan fingerprint density at radius 1 is 1.15 bits per heavy atom. The largest absolute Gasteiger partial charge is 0.351 e. The van der Waals surface area contributed by atoms with Gasteiger partial charge in [0.1, 0.15) is 0 Å². The third-order valence-electron chi connectivity index (χ3n) is 5.40. The number of nitrogens with zero attached hydrogens (tertiary/aromatic N) is 5. The molecule has 1 fully saturated rings. The van der Waals surface area contributed by atoms with Gasteiger partial charge in [0.15, 0.2) is 5.65 Å². The maximum Gasteiger partial charge on any atom is 0.223 e. The SMILES string of the molecule is C=C(c1ccc2nc(C)cn2n1)c1cnc(NC2CCC(C)CC2)nc1C. The van der Waals surface area contributed by atoms with Crippen molar-refractivity contribution in [2.75, 3.05) is 5.32 Å². The molecule has 3 aromatic rings. The topological polar surface area (TPSA) is 68.0 Å².